The number of amides is 4. The summed E-state index contributed by atoms with van der Waals surface area (Å²) < 4.78 is 0. The molecule has 2 aliphatic heterocycles. The minimum Gasteiger partial charge on any atom is -0.392 e. The van der Waals surface area contributed by atoms with Gasteiger partial charge in [-0.25, -0.2) is 9.59 Å². The van der Waals surface area contributed by atoms with Crippen molar-refractivity contribution in [1.29, 1.82) is 0 Å². The van der Waals surface area contributed by atoms with Gasteiger partial charge >= 0.3 is 12.1 Å². The number of rotatable bonds is 3. The van der Waals surface area contributed by atoms with Crippen molar-refractivity contribution in [3.8, 4) is 0 Å². The minimum absolute atomic E-state index is 0.570. The molecule has 0 bridgehead atoms. The van der Waals surface area contributed by atoms with Gasteiger partial charge in [-0.15, -0.1) is 0 Å². The third-order valence-corrected chi connectivity index (χ3v) is 2.85. The molecule has 2 aliphatic rings. The van der Waals surface area contributed by atoms with Gasteiger partial charge < -0.3 is 26.0 Å². The topological polar surface area (TPSA) is 125 Å². The number of aliphatic hydroxyl groups excluding tert-OH is 3. The van der Waals surface area contributed by atoms with E-state index in [9.17, 15) is 14.7 Å². The van der Waals surface area contributed by atoms with Gasteiger partial charge in [0.25, 0.3) is 0 Å². The molecule has 0 radical (unpaired) electrons. The molecule has 2 rings (SSSR count). The van der Waals surface area contributed by atoms with Gasteiger partial charge in [0, 0.05) is 0 Å². The lowest BCUT2D eigenvalue weighted by Gasteiger charge is -2.32. The van der Waals surface area contributed by atoms with Crippen molar-refractivity contribution in [1.82, 2.24) is 20.4 Å². The zero-order valence-electron chi connectivity index (χ0n) is 8.25. The molecule has 0 spiro atoms. The molecule has 5 N–H and O–H groups in total. The summed E-state index contributed by atoms with van der Waals surface area (Å²) in [6.45, 7) is -1.86. The van der Waals surface area contributed by atoms with Crippen LogP contribution in [0.2, 0.25) is 0 Å². The van der Waals surface area contributed by atoms with Crippen LogP contribution >= 0.6 is 0 Å². The lowest BCUT2D eigenvalue weighted by atomic mass is 10.1. The molecule has 9 nitrogen and oxygen atoms in total. The minimum atomic E-state index is -1.42. The molecule has 0 aromatic rings. The largest absolute Gasteiger partial charge is 0.392 e. The fourth-order valence-electron chi connectivity index (χ4n) is 2.07. The molecular weight excluding hydrogens is 220 g/mol. The van der Waals surface area contributed by atoms with Crippen LogP contribution in [0.5, 0.6) is 0 Å². The molecule has 2 atom stereocenters. The van der Waals surface area contributed by atoms with Crippen LogP contribution in [0.1, 0.15) is 0 Å². The molecule has 9 heteroatoms. The van der Waals surface area contributed by atoms with Crippen LogP contribution in [0.15, 0.2) is 0 Å². The van der Waals surface area contributed by atoms with Crippen molar-refractivity contribution in [3.63, 3.8) is 0 Å². The highest BCUT2D eigenvalue weighted by Crippen LogP contribution is 2.31. The third kappa shape index (κ3) is 1.10. The van der Waals surface area contributed by atoms with Crippen molar-refractivity contribution in [2.24, 2.45) is 0 Å². The van der Waals surface area contributed by atoms with Gasteiger partial charge in [-0.2, -0.15) is 0 Å². The first kappa shape index (κ1) is 10.9. The number of carbonyl (C=O) groups is 2. The van der Waals surface area contributed by atoms with E-state index in [1.165, 1.54) is 0 Å². The van der Waals surface area contributed by atoms with Crippen LogP contribution in [-0.2, 0) is 0 Å². The van der Waals surface area contributed by atoms with Gasteiger partial charge in [-0.1, -0.05) is 0 Å². The summed E-state index contributed by atoms with van der Waals surface area (Å²) in [5.41, 5.74) is -1.42. The van der Waals surface area contributed by atoms with E-state index in [4.69, 9.17) is 10.2 Å². The quantitative estimate of drug-likeness (QED) is 0.353. The molecule has 2 unspecified atom stereocenters. The Morgan fingerprint density at radius 3 is 2.44 bits per heavy atom. The predicted octanol–water partition coefficient (Wildman–Crippen LogP) is -3.05. The Labute approximate surface area is 90.2 Å². The lowest BCUT2D eigenvalue weighted by molar-refractivity contribution is 0.00629. The molecular formula is C7H12N4O5. The van der Waals surface area contributed by atoms with Crippen LogP contribution in [0.4, 0.5) is 9.59 Å². The molecule has 0 aliphatic carbocycles. The fraction of sp³-hybridized carbons (Fsp3) is 0.714. The normalized spacial score (nSPS) is 32.8. The standard InChI is InChI=1S/C7H12N4O5/c12-1-7-4(8-5(15)9-7)10(2-13)6(16)11(7)3-14/h4,12-14H,1-3H2,(H2,8,9,15). The molecule has 16 heavy (non-hydrogen) atoms. The van der Waals surface area contributed by atoms with E-state index in [0.717, 1.165) is 9.80 Å². The van der Waals surface area contributed by atoms with E-state index in [-0.39, 0.29) is 0 Å². The fourth-order valence-corrected chi connectivity index (χ4v) is 2.07. The number of nitrogens with zero attached hydrogens (tertiary/aromatic N) is 2. The van der Waals surface area contributed by atoms with E-state index in [1.807, 2.05) is 0 Å². The van der Waals surface area contributed by atoms with Crippen LogP contribution in [0.25, 0.3) is 0 Å². The summed E-state index contributed by atoms with van der Waals surface area (Å²) in [5, 5.41) is 32.2. The Balaban J connectivity index is 2.41. The van der Waals surface area contributed by atoms with E-state index < -0.39 is 44.0 Å². The van der Waals surface area contributed by atoms with E-state index in [0.29, 0.717) is 0 Å². The molecule has 90 valence electrons. The zero-order chi connectivity index (χ0) is 11.9. The Morgan fingerprint density at radius 2 is 1.94 bits per heavy atom. The summed E-state index contributed by atoms with van der Waals surface area (Å²) >= 11 is 0. The second kappa shape index (κ2) is 3.47. The Hall–Kier alpha value is -1.58. The Kier molecular flexibility index (Phi) is 2.37. The maximum Gasteiger partial charge on any atom is 0.327 e. The number of carbonyl (C=O) groups excluding carboxylic acids is 2. The van der Waals surface area contributed by atoms with Gasteiger partial charge in [0.1, 0.15) is 13.5 Å². The molecule has 0 aromatic heterocycles. The number of nitrogens with one attached hydrogen (secondary N) is 2. The van der Waals surface area contributed by atoms with Crippen LogP contribution in [0.3, 0.4) is 0 Å². The molecule has 0 saturated carbocycles. The van der Waals surface area contributed by atoms with Gasteiger partial charge in [0.2, 0.25) is 0 Å². The first-order valence-electron chi connectivity index (χ1n) is 4.60. The van der Waals surface area contributed by atoms with E-state index in [2.05, 4.69) is 10.6 Å². The Morgan fingerprint density at radius 1 is 1.25 bits per heavy atom. The molecule has 4 amide bonds. The summed E-state index contributed by atoms with van der Waals surface area (Å²) in [6, 6.07) is -1.25. The summed E-state index contributed by atoms with van der Waals surface area (Å²) in [7, 11) is 0. The molecule has 0 aromatic carbocycles. The molecule has 2 saturated heterocycles. The van der Waals surface area contributed by atoms with Crippen molar-refractivity contribution >= 4 is 12.1 Å². The number of urea groups is 2. The maximum atomic E-state index is 11.7. The summed E-state index contributed by atoms with van der Waals surface area (Å²) in [4.78, 5) is 24.7. The van der Waals surface area contributed by atoms with Gasteiger partial charge in [0.15, 0.2) is 11.8 Å². The van der Waals surface area contributed by atoms with Gasteiger partial charge in [-0.05, 0) is 0 Å². The van der Waals surface area contributed by atoms with Crippen LogP contribution < -0.4 is 10.6 Å². The first-order valence-corrected chi connectivity index (χ1v) is 4.60. The molecule has 2 fully saturated rings. The average Bonchev–Trinajstić information content (AvgIpc) is 2.68. The SMILES string of the molecule is O=C1NC2N(CO)C(=O)N(CO)C2(CO)N1. The summed E-state index contributed by atoms with van der Waals surface area (Å²) in [5.74, 6) is 0. The monoisotopic (exact) mass is 232 g/mol. The first-order chi connectivity index (χ1) is 7.60. The van der Waals surface area contributed by atoms with Crippen molar-refractivity contribution < 1.29 is 24.9 Å². The Bertz CT molecular complexity index is 337. The van der Waals surface area contributed by atoms with Crippen LogP contribution in [0, 0.1) is 0 Å². The van der Waals surface area contributed by atoms with Crippen molar-refractivity contribution in [3.05, 3.63) is 0 Å². The number of hydrogen-bond donors (Lipinski definition) is 5. The van der Waals surface area contributed by atoms with Crippen LogP contribution in [-0.4, -0.2) is 69.1 Å². The maximum absolute atomic E-state index is 11.7. The average molecular weight is 232 g/mol. The number of fused-ring (bicyclic) bond motifs is 1. The summed E-state index contributed by atoms with van der Waals surface area (Å²) in [6.07, 6.45) is -0.908. The molecule has 2 heterocycles. The van der Waals surface area contributed by atoms with Crippen molar-refractivity contribution in [2.45, 2.75) is 11.8 Å². The highest BCUT2D eigenvalue weighted by molar-refractivity contribution is 5.86. The van der Waals surface area contributed by atoms with Gasteiger partial charge in [-0.3, -0.25) is 9.80 Å². The zero-order valence-corrected chi connectivity index (χ0v) is 8.25. The number of aliphatic hydroxyl groups is 3. The number of hydrogen-bond acceptors (Lipinski definition) is 5. The van der Waals surface area contributed by atoms with Gasteiger partial charge in [0.05, 0.1) is 6.61 Å². The van der Waals surface area contributed by atoms with Crippen molar-refractivity contribution in [2.75, 3.05) is 20.1 Å². The smallest absolute Gasteiger partial charge is 0.327 e. The van der Waals surface area contributed by atoms with E-state index >= 15 is 0 Å². The second-order valence-corrected chi connectivity index (χ2v) is 3.55. The highest BCUT2D eigenvalue weighted by atomic mass is 16.3. The lowest BCUT2D eigenvalue weighted by Crippen LogP contribution is -2.61. The highest BCUT2D eigenvalue weighted by Gasteiger charge is 2.62. The van der Waals surface area contributed by atoms with E-state index in [1.54, 1.807) is 0 Å². The predicted molar refractivity (Wildman–Crippen MR) is 48.5 cm³/mol. The third-order valence-electron chi connectivity index (χ3n) is 2.85. The second-order valence-electron chi connectivity index (χ2n) is 3.55.